The molecule has 156 valence electrons. The van der Waals surface area contributed by atoms with Gasteiger partial charge in [-0.3, -0.25) is 9.20 Å². The van der Waals surface area contributed by atoms with Crippen LogP contribution in [0.4, 0.5) is 0 Å². The predicted molar refractivity (Wildman–Crippen MR) is 110 cm³/mol. The van der Waals surface area contributed by atoms with Gasteiger partial charge in [0, 0.05) is 13.7 Å². The normalized spacial score (nSPS) is 16.1. The molecular formula is C20H20ClN5O4. The maximum absolute atomic E-state index is 13.4. The van der Waals surface area contributed by atoms with Crippen molar-refractivity contribution in [2.45, 2.75) is 37.8 Å². The van der Waals surface area contributed by atoms with Crippen LogP contribution in [0.5, 0.6) is 0 Å². The highest BCUT2D eigenvalue weighted by atomic mass is 35.5. The highest BCUT2D eigenvalue weighted by molar-refractivity contribution is 6.35. The van der Waals surface area contributed by atoms with Gasteiger partial charge in [-0.2, -0.15) is 4.98 Å². The van der Waals surface area contributed by atoms with E-state index in [0.717, 1.165) is 18.4 Å². The molecule has 10 heteroatoms. The van der Waals surface area contributed by atoms with Gasteiger partial charge in [0.1, 0.15) is 17.4 Å². The summed E-state index contributed by atoms with van der Waals surface area (Å²) < 4.78 is 13.8. The quantitative estimate of drug-likeness (QED) is 0.519. The lowest BCUT2D eigenvalue weighted by atomic mass is 10.0. The first-order valence-electron chi connectivity index (χ1n) is 9.77. The molecule has 4 aromatic rings. The third-order valence-corrected chi connectivity index (χ3v) is 6.01. The Morgan fingerprint density at radius 2 is 2.10 bits per heavy atom. The molecule has 9 nitrogen and oxygen atoms in total. The topological polar surface area (TPSA) is 108 Å². The molecular weight excluding hydrogens is 410 g/mol. The summed E-state index contributed by atoms with van der Waals surface area (Å²) in [4.78, 5) is 22.2. The van der Waals surface area contributed by atoms with Crippen LogP contribution in [0.2, 0.25) is 5.02 Å². The first kappa shape index (κ1) is 19.2. The SMILES string of the molecule is COCCn1c(=O)c2c(-c3nc(C4(O)CCCC4)no3)ncn2c2cccc(Cl)c21. The standard InChI is InChI=1S/C20H20ClN5O4/c1-29-10-9-25-15-12(21)5-4-6-13(15)26-11-22-14(16(26)18(25)27)17-23-19(24-30-17)20(28)7-2-3-8-20/h4-6,11,28H,2-3,7-10H2,1H3. The number of halogens is 1. The summed E-state index contributed by atoms with van der Waals surface area (Å²) in [5.41, 5.74) is 0.517. The molecule has 0 unspecified atom stereocenters. The summed E-state index contributed by atoms with van der Waals surface area (Å²) in [7, 11) is 1.57. The van der Waals surface area contributed by atoms with Crippen LogP contribution < -0.4 is 5.56 Å². The molecule has 0 amide bonds. The molecule has 1 aliphatic rings. The predicted octanol–water partition coefficient (Wildman–Crippen LogP) is 2.76. The van der Waals surface area contributed by atoms with Gasteiger partial charge >= 0.3 is 0 Å². The highest BCUT2D eigenvalue weighted by Crippen LogP contribution is 2.37. The smallest absolute Gasteiger partial charge is 0.279 e. The Hall–Kier alpha value is -2.75. The number of fused-ring (bicyclic) bond motifs is 3. The number of para-hydroxylation sites is 1. The molecule has 30 heavy (non-hydrogen) atoms. The lowest BCUT2D eigenvalue weighted by Crippen LogP contribution is -2.25. The minimum absolute atomic E-state index is 0.101. The van der Waals surface area contributed by atoms with Gasteiger partial charge in [-0.05, 0) is 37.8 Å². The van der Waals surface area contributed by atoms with E-state index in [1.54, 1.807) is 28.5 Å². The summed E-state index contributed by atoms with van der Waals surface area (Å²) in [6.45, 7) is 0.670. The molecule has 0 atom stereocenters. The molecule has 1 fully saturated rings. The molecule has 0 radical (unpaired) electrons. The van der Waals surface area contributed by atoms with Crippen molar-refractivity contribution in [1.29, 1.82) is 0 Å². The maximum Gasteiger partial charge on any atom is 0.279 e. The van der Waals surface area contributed by atoms with Gasteiger partial charge in [0.2, 0.25) is 5.82 Å². The van der Waals surface area contributed by atoms with Crippen LogP contribution in [0, 0.1) is 0 Å². The van der Waals surface area contributed by atoms with Crippen LogP contribution in [0.25, 0.3) is 28.1 Å². The van der Waals surface area contributed by atoms with Crippen LogP contribution in [-0.2, 0) is 16.9 Å². The fourth-order valence-electron chi connectivity index (χ4n) is 4.17. The molecule has 0 saturated heterocycles. The van der Waals surface area contributed by atoms with Crippen molar-refractivity contribution in [3.63, 3.8) is 0 Å². The Kier molecular flexibility index (Phi) is 4.61. The van der Waals surface area contributed by atoms with E-state index in [1.165, 1.54) is 0 Å². The number of imidazole rings is 1. The maximum atomic E-state index is 13.4. The second-order valence-corrected chi connectivity index (χ2v) is 7.94. The van der Waals surface area contributed by atoms with Crippen molar-refractivity contribution < 1.29 is 14.4 Å². The van der Waals surface area contributed by atoms with Crippen molar-refractivity contribution >= 4 is 28.2 Å². The first-order chi connectivity index (χ1) is 14.5. The summed E-state index contributed by atoms with van der Waals surface area (Å²) in [6.07, 6.45) is 4.53. The van der Waals surface area contributed by atoms with Gasteiger partial charge < -0.3 is 18.9 Å². The number of rotatable bonds is 5. The van der Waals surface area contributed by atoms with Gasteiger partial charge in [0.05, 0.1) is 22.7 Å². The lowest BCUT2D eigenvalue weighted by Gasteiger charge is -2.16. The van der Waals surface area contributed by atoms with Crippen LogP contribution in [0.3, 0.4) is 0 Å². The van der Waals surface area contributed by atoms with Crippen molar-refractivity contribution in [3.8, 4) is 11.6 Å². The minimum Gasteiger partial charge on any atom is -0.383 e. The number of methoxy groups -OCH3 is 1. The van der Waals surface area contributed by atoms with Gasteiger partial charge in [-0.15, -0.1) is 0 Å². The Labute approximate surface area is 175 Å². The number of nitrogens with zero attached hydrogens (tertiary/aromatic N) is 5. The molecule has 0 spiro atoms. The zero-order valence-corrected chi connectivity index (χ0v) is 17.1. The molecule has 5 rings (SSSR count). The summed E-state index contributed by atoms with van der Waals surface area (Å²) in [6, 6.07) is 5.42. The van der Waals surface area contributed by atoms with Gasteiger partial charge in [0.15, 0.2) is 5.69 Å². The van der Waals surface area contributed by atoms with E-state index >= 15 is 0 Å². The van der Waals surface area contributed by atoms with Crippen molar-refractivity contribution in [2.75, 3.05) is 13.7 Å². The lowest BCUT2D eigenvalue weighted by molar-refractivity contribution is 0.0328. The van der Waals surface area contributed by atoms with E-state index in [9.17, 15) is 9.90 Å². The first-order valence-corrected chi connectivity index (χ1v) is 10.2. The van der Waals surface area contributed by atoms with E-state index in [-0.39, 0.29) is 23.0 Å². The Balaban J connectivity index is 1.74. The van der Waals surface area contributed by atoms with Gasteiger partial charge in [0.25, 0.3) is 11.4 Å². The van der Waals surface area contributed by atoms with Gasteiger partial charge in [-0.25, -0.2) is 4.98 Å². The number of aromatic nitrogens is 5. The molecule has 0 aliphatic heterocycles. The van der Waals surface area contributed by atoms with E-state index in [1.807, 2.05) is 12.1 Å². The van der Waals surface area contributed by atoms with Crippen LogP contribution >= 0.6 is 11.6 Å². The third kappa shape index (κ3) is 2.84. The van der Waals surface area contributed by atoms with Gasteiger partial charge in [-0.1, -0.05) is 22.8 Å². The third-order valence-electron chi connectivity index (χ3n) is 5.70. The molecule has 1 aliphatic carbocycles. The summed E-state index contributed by atoms with van der Waals surface area (Å²) in [5, 5.41) is 15.2. The summed E-state index contributed by atoms with van der Waals surface area (Å²) >= 11 is 6.43. The second kappa shape index (κ2) is 7.19. The van der Waals surface area contributed by atoms with E-state index in [4.69, 9.17) is 20.9 Å². The Morgan fingerprint density at radius 1 is 1.30 bits per heavy atom. The molecule has 1 N–H and O–H groups in total. The Bertz CT molecular complexity index is 1300. The second-order valence-electron chi connectivity index (χ2n) is 7.53. The fraction of sp³-hybridized carbons (Fsp3) is 0.400. The zero-order valence-electron chi connectivity index (χ0n) is 16.3. The Morgan fingerprint density at radius 3 is 2.87 bits per heavy atom. The molecule has 0 bridgehead atoms. The highest BCUT2D eigenvalue weighted by Gasteiger charge is 2.38. The number of benzene rings is 1. The van der Waals surface area contributed by atoms with Crippen LogP contribution in [0.1, 0.15) is 31.5 Å². The molecule has 3 aromatic heterocycles. The van der Waals surface area contributed by atoms with Crippen molar-refractivity contribution in [1.82, 2.24) is 24.1 Å². The fourth-order valence-corrected chi connectivity index (χ4v) is 4.45. The number of hydrogen-bond acceptors (Lipinski definition) is 7. The molecule has 1 aromatic carbocycles. The van der Waals surface area contributed by atoms with Crippen molar-refractivity contribution in [2.24, 2.45) is 0 Å². The van der Waals surface area contributed by atoms with Crippen LogP contribution in [0.15, 0.2) is 33.8 Å². The van der Waals surface area contributed by atoms with E-state index in [0.29, 0.717) is 42.0 Å². The molecule has 3 heterocycles. The average Bonchev–Trinajstić information content (AvgIpc) is 3.47. The minimum atomic E-state index is -1.09. The van der Waals surface area contributed by atoms with E-state index < -0.39 is 5.60 Å². The van der Waals surface area contributed by atoms with E-state index in [2.05, 4.69) is 15.1 Å². The van der Waals surface area contributed by atoms with Crippen LogP contribution in [-0.4, -0.2) is 42.9 Å². The largest absolute Gasteiger partial charge is 0.383 e. The van der Waals surface area contributed by atoms with Crippen molar-refractivity contribution in [3.05, 3.63) is 45.7 Å². The monoisotopic (exact) mass is 429 g/mol. The molecule has 1 saturated carbocycles. The summed E-state index contributed by atoms with van der Waals surface area (Å²) in [5.74, 6) is 0.337. The number of aliphatic hydroxyl groups is 1. The zero-order chi connectivity index (χ0) is 20.9. The number of hydrogen-bond donors (Lipinski definition) is 1. The average molecular weight is 430 g/mol. The number of ether oxygens (including phenoxy) is 1.